The van der Waals surface area contributed by atoms with Gasteiger partial charge in [-0.15, -0.1) is 0 Å². The second kappa shape index (κ2) is 17.7. The van der Waals surface area contributed by atoms with Gasteiger partial charge < -0.3 is 31.9 Å². The van der Waals surface area contributed by atoms with Gasteiger partial charge in [-0.2, -0.15) is 0 Å². The number of carbonyl (C=O) groups is 5. The molecule has 1 aliphatic rings. The number of carbonyl (C=O) groups excluding carboxylic acids is 5. The maximum absolute atomic E-state index is 13.9. The van der Waals surface area contributed by atoms with Crippen LogP contribution in [0.2, 0.25) is 0 Å². The Morgan fingerprint density at radius 1 is 0.705 bits per heavy atom. The van der Waals surface area contributed by atoms with Gasteiger partial charge in [0.2, 0.25) is 29.5 Å². The Balaban J connectivity index is 2.64. The largest absolute Gasteiger partial charge is 0.343 e. The second-order valence-electron chi connectivity index (χ2n) is 13.1. The van der Waals surface area contributed by atoms with Crippen LogP contribution >= 0.6 is 0 Å². The molecule has 5 amide bonds. The van der Waals surface area contributed by atoms with Gasteiger partial charge >= 0.3 is 0 Å². The topological polar surface area (TPSA) is 163 Å². The maximum Gasteiger partial charge on any atom is 0.245 e. The van der Waals surface area contributed by atoms with Crippen molar-refractivity contribution in [1.29, 1.82) is 0 Å². The fourth-order valence-electron chi connectivity index (χ4n) is 5.43. The molecule has 2 rings (SSSR count). The van der Waals surface area contributed by atoms with Crippen LogP contribution in [0.25, 0.3) is 0 Å². The predicted octanol–water partition coefficient (Wildman–Crippen LogP) is 1.89. The second-order valence-corrected chi connectivity index (χ2v) is 13.1. The van der Waals surface area contributed by atoms with Crippen LogP contribution in [0.1, 0.15) is 79.2 Å². The van der Waals surface area contributed by atoms with Crippen molar-refractivity contribution in [3.63, 3.8) is 0 Å². The van der Waals surface area contributed by atoms with Crippen molar-refractivity contribution in [2.45, 2.75) is 110 Å². The van der Waals surface area contributed by atoms with Crippen molar-refractivity contribution in [2.75, 3.05) is 13.6 Å². The Kier molecular flexibility index (Phi) is 14.8. The molecule has 11 nitrogen and oxygen atoms in total. The molecule has 1 aliphatic heterocycles. The first-order valence-corrected chi connectivity index (χ1v) is 16.0. The van der Waals surface area contributed by atoms with E-state index in [4.69, 9.17) is 5.73 Å². The molecule has 0 aliphatic carbocycles. The highest BCUT2D eigenvalue weighted by Gasteiger charge is 2.37. The van der Waals surface area contributed by atoms with Crippen molar-refractivity contribution in [2.24, 2.45) is 23.5 Å². The van der Waals surface area contributed by atoms with Crippen molar-refractivity contribution in [3.05, 3.63) is 35.9 Å². The molecule has 44 heavy (non-hydrogen) atoms. The van der Waals surface area contributed by atoms with Gasteiger partial charge in [0, 0.05) is 13.5 Å². The summed E-state index contributed by atoms with van der Waals surface area (Å²) in [4.78, 5) is 70.3. The van der Waals surface area contributed by atoms with E-state index in [1.165, 1.54) is 4.90 Å². The minimum atomic E-state index is -1.01. The lowest BCUT2D eigenvalue weighted by atomic mass is 9.97. The molecule has 0 unspecified atom stereocenters. The van der Waals surface area contributed by atoms with Gasteiger partial charge in [0.05, 0.1) is 0 Å². The lowest BCUT2D eigenvalue weighted by Crippen LogP contribution is -2.59. The number of nitrogens with one attached hydrogen (secondary N) is 4. The summed E-state index contributed by atoms with van der Waals surface area (Å²) in [5.41, 5.74) is 6.55. The summed E-state index contributed by atoms with van der Waals surface area (Å²) < 4.78 is 0. The van der Waals surface area contributed by atoms with Crippen molar-refractivity contribution >= 4 is 29.5 Å². The van der Waals surface area contributed by atoms with Crippen LogP contribution in [0.4, 0.5) is 0 Å². The zero-order valence-electron chi connectivity index (χ0n) is 27.5. The highest BCUT2D eigenvalue weighted by atomic mass is 16.2. The fourth-order valence-corrected chi connectivity index (χ4v) is 5.43. The first-order valence-electron chi connectivity index (χ1n) is 16.0. The number of hydrogen-bond acceptors (Lipinski definition) is 6. The molecule has 0 saturated carbocycles. The van der Waals surface area contributed by atoms with E-state index in [0.29, 0.717) is 38.6 Å². The molecule has 0 aromatic heterocycles. The van der Waals surface area contributed by atoms with Gasteiger partial charge in [-0.3, -0.25) is 24.0 Å². The van der Waals surface area contributed by atoms with Crippen LogP contribution in [0, 0.1) is 17.8 Å². The summed E-state index contributed by atoms with van der Waals surface area (Å²) in [6.45, 7) is 11.8. The number of nitrogens with zero attached hydrogens (tertiary/aromatic N) is 1. The van der Waals surface area contributed by atoms with Gasteiger partial charge in [-0.1, -0.05) is 71.9 Å². The minimum Gasteiger partial charge on any atom is -0.343 e. The molecule has 5 atom stereocenters. The highest BCUT2D eigenvalue weighted by molar-refractivity contribution is 5.98. The molecule has 0 bridgehead atoms. The number of unbranched alkanes of at least 4 members (excludes halogenated alkanes) is 1. The average Bonchev–Trinajstić information content (AvgIpc) is 2.95. The van der Waals surface area contributed by atoms with Crippen LogP contribution in [0.5, 0.6) is 0 Å². The molecule has 1 heterocycles. The Morgan fingerprint density at radius 3 is 1.82 bits per heavy atom. The Labute approximate surface area is 262 Å². The Bertz CT molecular complexity index is 1110. The Hall–Kier alpha value is -3.47. The number of amides is 5. The summed E-state index contributed by atoms with van der Waals surface area (Å²) in [5, 5.41) is 11.5. The number of likely N-dealkylation sites (N-methyl/N-ethyl adjacent to an activating group) is 1. The standard InChI is InChI=1S/C33H54N6O5/c1-20(2)17-24-30(41)38-28(22(5)6)32(43)37-26(18-21(3)4)33(44)39(7)27(15-11-12-16-34)31(42)36-25(29(40)35-24)19-23-13-9-8-10-14-23/h8-10,13-14,20-22,24-28H,11-12,15-19,34H2,1-7H3,(H,35,40)(H,36,42)(H,37,43)(H,38,41)/t24-,25-,26-,27-,28-/m0/s1. The first kappa shape index (κ1) is 36.7. The molecule has 11 heteroatoms. The first-order chi connectivity index (χ1) is 20.7. The quantitative estimate of drug-likeness (QED) is 0.239. The summed E-state index contributed by atoms with van der Waals surface area (Å²) in [6, 6.07) is 4.60. The molecule has 1 fully saturated rings. The number of rotatable bonds is 11. The lowest BCUT2D eigenvalue weighted by molar-refractivity contribution is -0.143. The smallest absolute Gasteiger partial charge is 0.245 e. The molecule has 246 valence electrons. The summed E-state index contributed by atoms with van der Waals surface area (Å²) in [5.74, 6) is -2.58. The van der Waals surface area contributed by atoms with Crippen molar-refractivity contribution in [1.82, 2.24) is 26.2 Å². The van der Waals surface area contributed by atoms with E-state index in [1.807, 2.05) is 71.9 Å². The third kappa shape index (κ3) is 11.2. The zero-order chi connectivity index (χ0) is 33.0. The van der Waals surface area contributed by atoms with Crippen molar-refractivity contribution < 1.29 is 24.0 Å². The van der Waals surface area contributed by atoms with Gasteiger partial charge in [-0.05, 0) is 62.0 Å². The molecule has 1 saturated heterocycles. The highest BCUT2D eigenvalue weighted by Crippen LogP contribution is 2.16. The molecule has 0 spiro atoms. The lowest BCUT2D eigenvalue weighted by Gasteiger charge is -2.33. The van der Waals surface area contributed by atoms with E-state index in [9.17, 15) is 24.0 Å². The van der Waals surface area contributed by atoms with Crippen molar-refractivity contribution in [3.8, 4) is 0 Å². The van der Waals surface area contributed by atoms with Crippen LogP contribution in [-0.2, 0) is 30.4 Å². The summed E-state index contributed by atoms with van der Waals surface area (Å²) >= 11 is 0. The SMILES string of the molecule is CC(C)C[C@@H]1NC(=O)[C@H](Cc2ccccc2)NC(=O)[C@H](CCCCN)N(C)C(=O)[C@H](CC(C)C)NC(=O)[C@H](C(C)C)NC1=O. The van der Waals surface area contributed by atoms with Crippen LogP contribution in [0.3, 0.4) is 0 Å². The molecule has 6 N–H and O–H groups in total. The summed E-state index contributed by atoms with van der Waals surface area (Å²) in [7, 11) is 1.55. The van der Waals surface area contributed by atoms with Crippen LogP contribution in [-0.4, -0.2) is 78.2 Å². The Morgan fingerprint density at radius 2 is 1.25 bits per heavy atom. The molecule has 1 aromatic rings. The van der Waals surface area contributed by atoms with E-state index < -0.39 is 59.7 Å². The molecule has 1 aromatic carbocycles. The predicted molar refractivity (Wildman–Crippen MR) is 171 cm³/mol. The van der Waals surface area contributed by atoms with Gasteiger partial charge in [0.15, 0.2) is 0 Å². The normalized spacial score (nSPS) is 24.5. The third-order valence-corrected chi connectivity index (χ3v) is 7.87. The van der Waals surface area contributed by atoms with Crippen LogP contribution in [0.15, 0.2) is 30.3 Å². The van der Waals surface area contributed by atoms with E-state index in [2.05, 4.69) is 21.3 Å². The van der Waals surface area contributed by atoms with Gasteiger partial charge in [0.25, 0.3) is 0 Å². The van der Waals surface area contributed by atoms with Gasteiger partial charge in [-0.25, -0.2) is 0 Å². The average molecular weight is 615 g/mol. The minimum absolute atomic E-state index is 0.0512. The monoisotopic (exact) mass is 614 g/mol. The molecule has 0 radical (unpaired) electrons. The van der Waals surface area contributed by atoms with Gasteiger partial charge in [0.1, 0.15) is 30.2 Å². The van der Waals surface area contributed by atoms with E-state index in [0.717, 1.165) is 5.56 Å². The molecular formula is C33H54N6O5. The number of hydrogen-bond donors (Lipinski definition) is 5. The van der Waals surface area contributed by atoms with E-state index >= 15 is 0 Å². The number of benzene rings is 1. The van der Waals surface area contributed by atoms with E-state index in [1.54, 1.807) is 7.05 Å². The molecular weight excluding hydrogens is 560 g/mol. The summed E-state index contributed by atoms with van der Waals surface area (Å²) in [6.07, 6.45) is 2.44. The third-order valence-electron chi connectivity index (χ3n) is 7.87. The zero-order valence-corrected chi connectivity index (χ0v) is 27.5. The maximum atomic E-state index is 13.9. The number of nitrogens with two attached hydrogens (primary N) is 1. The fraction of sp³-hybridized carbons (Fsp3) is 0.667. The van der Waals surface area contributed by atoms with E-state index in [-0.39, 0.29) is 24.2 Å². The van der Waals surface area contributed by atoms with Crippen LogP contribution < -0.4 is 27.0 Å².